The molecule has 2 atom stereocenters. The number of aliphatic carboxylic acids is 1. The predicted molar refractivity (Wildman–Crippen MR) is 119 cm³/mol. The molecule has 1 saturated heterocycles. The number of aliphatic hydroxyl groups is 1. The van der Waals surface area contributed by atoms with Crippen LogP contribution in [0.15, 0.2) is 53.4 Å². The Labute approximate surface area is 187 Å². The highest BCUT2D eigenvalue weighted by Crippen LogP contribution is 2.38. The molecule has 1 heterocycles. The average Bonchev–Trinajstić information content (AvgIpc) is 2.72. The summed E-state index contributed by atoms with van der Waals surface area (Å²) in [4.78, 5) is 26.7. The number of carboxylic acids is 1. The number of benzene rings is 2. The molecule has 0 saturated carbocycles. The van der Waals surface area contributed by atoms with Crippen LogP contribution in [0.4, 0.5) is 5.69 Å². The largest absolute Gasteiger partial charge is 0.479 e. The van der Waals surface area contributed by atoms with Crippen LogP contribution in [0.5, 0.6) is 0 Å². The molecule has 0 spiro atoms. The topological polar surface area (TPSA) is 121 Å². The van der Waals surface area contributed by atoms with Crippen molar-refractivity contribution in [2.45, 2.75) is 37.4 Å². The molecule has 2 aromatic carbocycles. The first-order chi connectivity index (χ1) is 14.8. The van der Waals surface area contributed by atoms with Crippen molar-refractivity contribution in [3.63, 3.8) is 0 Å². The van der Waals surface area contributed by atoms with Crippen molar-refractivity contribution in [2.75, 3.05) is 24.3 Å². The number of carbonyl (C=O) groups excluding carboxylic acids is 1. The van der Waals surface area contributed by atoms with Crippen LogP contribution in [0.25, 0.3) is 11.1 Å². The molecule has 9 heteroatoms. The first-order valence-electron chi connectivity index (χ1n) is 10.1. The Bertz CT molecular complexity index is 1140. The normalized spacial score (nSPS) is 19.5. The molecule has 172 valence electrons. The third-order valence-electron chi connectivity index (χ3n) is 5.72. The van der Waals surface area contributed by atoms with Gasteiger partial charge in [-0.2, -0.15) is 0 Å². The number of ether oxygens (including phenoxy) is 1. The minimum absolute atomic E-state index is 0.0563. The highest BCUT2D eigenvalue weighted by atomic mass is 32.2. The molecular formula is C23H27NO7S. The zero-order chi connectivity index (χ0) is 23.9. The van der Waals surface area contributed by atoms with E-state index < -0.39 is 38.8 Å². The fraction of sp³-hybridized carbons (Fsp3) is 0.391. The van der Waals surface area contributed by atoms with Gasteiger partial charge in [-0.05, 0) is 23.8 Å². The highest BCUT2D eigenvalue weighted by Gasteiger charge is 2.58. The van der Waals surface area contributed by atoms with Crippen LogP contribution in [-0.4, -0.2) is 61.6 Å². The Balaban J connectivity index is 1.95. The first kappa shape index (κ1) is 23.9. The number of carbonyl (C=O) groups is 2. The molecule has 0 aromatic heterocycles. The molecule has 1 aliphatic rings. The lowest BCUT2D eigenvalue weighted by molar-refractivity contribution is -0.203. The highest BCUT2D eigenvalue weighted by molar-refractivity contribution is 7.90. The van der Waals surface area contributed by atoms with E-state index in [0.717, 1.165) is 6.26 Å². The molecule has 2 N–H and O–H groups in total. The van der Waals surface area contributed by atoms with E-state index in [-0.39, 0.29) is 18.0 Å². The third-order valence-corrected chi connectivity index (χ3v) is 6.87. The summed E-state index contributed by atoms with van der Waals surface area (Å²) < 4.78 is 29.7. The van der Waals surface area contributed by atoms with Crippen molar-refractivity contribution in [1.29, 1.82) is 0 Å². The molecular weight excluding hydrogens is 434 g/mol. The Hall–Kier alpha value is -2.75. The summed E-state index contributed by atoms with van der Waals surface area (Å²) in [6, 6.07) is 13.4. The Morgan fingerprint density at radius 1 is 1.09 bits per heavy atom. The lowest BCUT2D eigenvalue weighted by atomic mass is 9.72. The maximum atomic E-state index is 13.2. The summed E-state index contributed by atoms with van der Waals surface area (Å²) in [6.45, 7) is 4.84. The molecule has 1 aliphatic heterocycles. The Morgan fingerprint density at radius 3 is 2.22 bits per heavy atom. The minimum atomic E-state index is -3.43. The first-order valence-corrected chi connectivity index (χ1v) is 12.0. The Kier molecular flexibility index (Phi) is 6.21. The van der Waals surface area contributed by atoms with Gasteiger partial charge in [0.2, 0.25) is 5.60 Å². The fourth-order valence-electron chi connectivity index (χ4n) is 3.82. The van der Waals surface area contributed by atoms with Gasteiger partial charge in [0, 0.05) is 29.5 Å². The summed E-state index contributed by atoms with van der Waals surface area (Å²) >= 11 is 0. The van der Waals surface area contributed by atoms with Crippen LogP contribution >= 0.6 is 0 Å². The molecule has 1 fully saturated rings. The van der Waals surface area contributed by atoms with Crippen LogP contribution in [0.1, 0.15) is 20.8 Å². The van der Waals surface area contributed by atoms with Crippen LogP contribution in [0.2, 0.25) is 0 Å². The molecule has 0 bridgehead atoms. The van der Waals surface area contributed by atoms with E-state index >= 15 is 0 Å². The quantitative estimate of drug-likeness (QED) is 0.701. The van der Waals surface area contributed by atoms with E-state index in [9.17, 15) is 28.2 Å². The van der Waals surface area contributed by atoms with Crippen LogP contribution < -0.4 is 4.90 Å². The number of sulfone groups is 1. The van der Waals surface area contributed by atoms with Gasteiger partial charge in [0.1, 0.15) is 0 Å². The second-order valence-corrected chi connectivity index (χ2v) is 10.9. The smallest absolute Gasteiger partial charge is 0.339 e. The van der Waals surface area contributed by atoms with Crippen LogP contribution in [0, 0.1) is 5.41 Å². The molecule has 2 aromatic rings. The second kappa shape index (κ2) is 8.31. The predicted octanol–water partition coefficient (Wildman–Crippen LogP) is 2.35. The van der Waals surface area contributed by atoms with Crippen molar-refractivity contribution in [3.05, 3.63) is 48.5 Å². The lowest BCUT2D eigenvalue weighted by Gasteiger charge is -2.44. The molecule has 3 rings (SSSR count). The number of anilines is 1. The molecule has 0 radical (unpaired) electrons. The van der Waals surface area contributed by atoms with E-state index in [1.54, 1.807) is 42.5 Å². The molecule has 0 unspecified atom stereocenters. The standard InChI is InChI=1S/C23H27NO7S/c1-22(2,3)23(28,21(26)27)19-20(25)24(13-14-31-19)16-11-9-15(10-12-16)17-7-5-6-8-18(17)32(4,29)30/h5-12,19,28H,13-14H2,1-4H3,(H,26,27)/t19-,23+/m0/s1. The van der Waals surface area contributed by atoms with E-state index in [2.05, 4.69) is 0 Å². The van der Waals surface area contributed by atoms with Crippen molar-refractivity contribution < 1.29 is 33.0 Å². The minimum Gasteiger partial charge on any atom is -0.479 e. The van der Waals surface area contributed by atoms with Crippen molar-refractivity contribution in [3.8, 4) is 11.1 Å². The van der Waals surface area contributed by atoms with Crippen molar-refractivity contribution >= 4 is 27.4 Å². The van der Waals surface area contributed by atoms with Gasteiger partial charge < -0.3 is 19.8 Å². The summed E-state index contributed by atoms with van der Waals surface area (Å²) in [5.74, 6) is -2.18. The third kappa shape index (κ3) is 4.15. The van der Waals surface area contributed by atoms with Crippen LogP contribution in [0.3, 0.4) is 0 Å². The summed E-state index contributed by atoms with van der Waals surface area (Å²) in [5.41, 5.74) is -1.89. The molecule has 0 aliphatic carbocycles. The Morgan fingerprint density at radius 2 is 1.69 bits per heavy atom. The van der Waals surface area contributed by atoms with E-state index in [1.165, 1.54) is 31.7 Å². The number of morpholine rings is 1. The number of hydrogen-bond donors (Lipinski definition) is 2. The zero-order valence-corrected chi connectivity index (χ0v) is 19.2. The second-order valence-electron chi connectivity index (χ2n) is 8.88. The van der Waals surface area contributed by atoms with Gasteiger partial charge in [0.05, 0.1) is 11.5 Å². The van der Waals surface area contributed by atoms with E-state index in [4.69, 9.17) is 4.74 Å². The van der Waals surface area contributed by atoms with Gasteiger partial charge in [0.25, 0.3) is 5.91 Å². The number of amides is 1. The molecule has 8 nitrogen and oxygen atoms in total. The maximum Gasteiger partial charge on any atom is 0.339 e. The summed E-state index contributed by atoms with van der Waals surface area (Å²) in [6.07, 6.45) is -0.426. The van der Waals surface area contributed by atoms with Crippen molar-refractivity contribution in [2.24, 2.45) is 5.41 Å². The zero-order valence-electron chi connectivity index (χ0n) is 18.4. The van der Waals surface area contributed by atoms with Gasteiger partial charge in [-0.1, -0.05) is 51.1 Å². The van der Waals surface area contributed by atoms with Gasteiger partial charge in [-0.15, -0.1) is 0 Å². The van der Waals surface area contributed by atoms with E-state index in [1.807, 2.05) is 0 Å². The SMILES string of the molecule is CC(C)(C)[C@](O)(C(=O)O)[C@H]1OCCN(c2ccc(-c3ccccc3S(C)(=O)=O)cc2)C1=O. The van der Waals surface area contributed by atoms with Crippen molar-refractivity contribution in [1.82, 2.24) is 0 Å². The van der Waals surface area contributed by atoms with Gasteiger partial charge in [-0.25, -0.2) is 13.2 Å². The monoisotopic (exact) mass is 461 g/mol. The maximum absolute atomic E-state index is 13.2. The lowest BCUT2D eigenvalue weighted by Crippen LogP contribution is -2.66. The van der Waals surface area contributed by atoms with E-state index in [0.29, 0.717) is 16.8 Å². The summed E-state index contributed by atoms with van der Waals surface area (Å²) in [7, 11) is -3.43. The summed E-state index contributed by atoms with van der Waals surface area (Å²) in [5, 5.41) is 20.7. The number of nitrogens with zero attached hydrogens (tertiary/aromatic N) is 1. The molecule has 32 heavy (non-hydrogen) atoms. The number of carboxylic acid groups (broad SMARTS) is 1. The number of rotatable bonds is 5. The van der Waals surface area contributed by atoms with Crippen LogP contribution in [-0.2, 0) is 24.2 Å². The fourth-order valence-corrected chi connectivity index (χ4v) is 4.73. The van der Waals surface area contributed by atoms with Gasteiger partial charge in [0.15, 0.2) is 15.9 Å². The van der Waals surface area contributed by atoms with Gasteiger partial charge in [-0.3, -0.25) is 4.79 Å². The van der Waals surface area contributed by atoms with Gasteiger partial charge >= 0.3 is 5.97 Å². The average molecular weight is 462 g/mol. The molecule has 1 amide bonds. The number of hydrogen-bond acceptors (Lipinski definition) is 6.